The van der Waals surface area contributed by atoms with Crippen molar-refractivity contribution < 1.29 is 5.43 Å². The van der Waals surface area contributed by atoms with Gasteiger partial charge in [-0.2, -0.15) is 5.10 Å². The smallest absolute Gasteiger partial charge is 0.152 e. The highest BCUT2D eigenvalue weighted by Gasteiger charge is 2.11. The number of aromatic nitrogens is 2. The summed E-state index contributed by atoms with van der Waals surface area (Å²) >= 11 is 0. The van der Waals surface area contributed by atoms with Crippen LogP contribution in [0.4, 0.5) is 11.5 Å². The third-order valence-electron chi connectivity index (χ3n) is 2.43. The maximum atomic E-state index is 4.66. The highest BCUT2D eigenvalue weighted by molar-refractivity contribution is 6.32. The Kier molecular flexibility index (Phi) is 5.65. The second kappa shape index (κ2) is 7.01. The maximum absolute atomic E-state index is 4.66. The van der Waals surface area contributed by atoms with Crippen LogP contribution >= 0.6 is 0 Å². The van der Waals surface area contributed by atoms with E-state index in [4.69, 9.17) is 0 Å². The number of quaternary nitrogens is 1. The molecule has 0 saturated heterocycles. The minimum Gasteiger partial charge on any atom is -0.361 e. The molecule has 0 aliphatic heterocycles. The van der Waals surface area contributed by atoms with Crippen LogP contribution in [0.3, 0.4) is 0 Å². The number of aryl methyl sites for hydroxylation is 1. The summed E-state index contributed by atoms with van der Waals surface area (Å²) in [5, 5.41) is 8.41. The van der Waals surface area contributed by atoms with Crippen molar-refractivity contribution in [3.63, 3.8) is 0 Å². The molecule has 7 heteroatoms. The molecule has 2 N–H and O–H groups in total. The second-order valence-electron chi connectivity index (χ2n) is 4.75. The third-order valence-corrected chi connectivity index (χ3v) is 2.43. The van der Waals surface area contributed by atoms with Crippen LogP contribution < -0.4 is 10.3 Å². The van der Waals surface area contributed by atoms with E-state index in [2.05, 4.69) is 20.1 Å². The first kappa shape index (κ1) is 15.3. The Morgan fingerprint density at radius 1 is 1.42 bits per heavy atom. The first-order chi connectivity index (χ1) is 8.95. The summed E-state index contributed by atoms with van der Waals surface area (Å²) in [6.45, 7) is 0.735. The Morgan fingerprint density at radius 2 is 2.11 bits per heavy atom. The molecule has 0 radical (unpaired) electrons. The normalized spacial score (nSPS) is 12.7. The first-order valence-electron chi connectivity index (χ1n) is 6.18. The Bertz CT molecular complexity index is 457. The van der Waals surface area contributed by atoms with Crippen LogP contribution in [0.15, 0.2) is 16.3 Å². The van der Waals surface area contributed by atoms with Gasteiger partial charge in [-0.05, 0) is 14.1 Å². The largest absolute Gasteiger partial charge is 0.361 e. The molecule has 7 nitrogen and oxygen atoms in total. The van der Waals surface area contributed by atoms with Crippen molar-refractivity contribution >= 4 is 23.4 Å². The third kappa shape index (κ3) is 4.46. The lowest BCUT2D eigenvalue weighted by atomic mass is 10.3. The summed E-state index contributed by atoms with van der Waals surface area (Å²) in [6.07, 6.45) is 3.56. The van der Waals surface area contributed by atoms with E-state index >= 15 is 0 Å². The van der Waals surface area contributed by atoms with Crippen molar-refractivity contribution in [1.82, 2.24) is 14.7 Å². The quantitative estimate of drug-likeness (QED) is 0.421. The summed E-state index contributed by atoms with van der Waals surface area (Å²) in [7, 11) is 11.8. The molecule has 0 atom stereocenters. The fraction of sp³-hybridized carbons (Fsp3) is 0.583. The van der Waals surface area contributed by atoms with Gasteiger partial charge in [-0.25, -0.2) is 10.4 Å². The van der Waals surface area contributed by atoms with Crippen molar-refractivity contribution in [3.8, 4) is 0 Å². The molecule has 106 valence electrons. The highest BCUT2D eigenvalue weighted by Crippen LogP contribution is 2.25. The highest BCUT2D eigenvalue weighted by atomic mass is 15.4. The van der Waals surface area contributed by atoms with Crippen LogP contribution in [0.1, 0.15) is 0 Å². The maximum Gasteiger partial charge on any atom is 0.152 e. The van der Waals surface area contributed by atoms with Gasteiger partial charge >= 0.3 is 0 Å². The zero-order chi connectivity index (χ0) is 14.4. The lowest BCUT2D eigenvalue weighted by Gasteiger charge is -2.14. The Labute approximate surface area is 114 Å². The number of nitrogens with zero attached hydrogens (tertiary/aromatic N) is 6. The summed E-state index contributed by atoms with van der Waals surface area (Å²) < 4.78 is 1.81. The van der Waals surface area contributed by atoms with E-state index in [1.165, 1.54) is 0 Å². The van der Waals surface area contributed by atoms with Crippen molar-refractivity contribution in [2.75, 3.05) is 46.7 Å². The zero-order valence-corrected chi connectivity index (χ0v) is 12.6. The van der Waals surface area contributed by atoms with E-state index < -0.39 is 0 Å². The molecule has 0 fully saturated rings. The molecular weight excluding hydrogens is 242 g/mol. The minimum atomic E-state index is 0.735. The lowest BCUT2D eigenvalue weighted by Crippen LogP contribution is -2.72. The predicted octanol–water partition coefficient (Wildman–Crippen LogP) is -0.701. The van der Waals surface area contributed by atoms with Gasteiger partial charge in [-0.3, -0.25) is 4.68 Å². The molecule has 1 rings (SSSR count). The average molecular weight is 266 g/mol. The van der Waals surface area contributed by atoms with Crippen LogP contribution in [0.25, 0.3) is 0 Å². The van der Waals surface area contributed by atoms with E-state index in [0.717, 1.165) is 23.8 Å². The molecule has 0 saturated carbocycles. The van der Waals surface area contributed by atoms with Gasteiger partial charge in [-0.15, -0.1) is 0 Å². The lowest BCUT2D eigenvalue weighted by molar-refractivity contribution is -0.632. The Balaban J connectivity index is 3.10. The van der Waals surface area contributed by atoms with Crippen molar-refractivity contribution in [2.24, 2.45) is 17.1 Å². The first-order valence-corrected chi connectivity index (χ1v) is 6.18. The molecule has 1 aromatic heterocycles. The van der Waals surface area contributed by atoms with Crippen molar-refractivity contribution in [1.29, 1.82) is 0 Å². The summed E-state index contributed by atoms with van der Waals surface area (Å²) in [6, 6.07) is 0. The standard InChI is InChI=1S/C12H23N7/c1-13-14-7-10(9-17(2)3)16-11-8-15-19(6)12(11)18(4)5/h7-8,13H,9H2,1-6H3/p+1/b14-7-,16-10?. The summed E-state index contributed by atoms with van der Waals surface area (Å²) in [5.74, 6) is 0.977. The minimum absolute atomic E-state index is 0.735. The van der Waals surface area contributed by atoms with Gasteiger partial charge in [0.1, 0.15) is 11.9 Å². The molecule has 0 unspecified atom stereocenters. The van der Waals surface area contributed by atoms with Gasteiger partial charge in [0.15, 0.2) is 5.82 Å². The van der Waals surface area contributed by atoms with E-state index in [1.807, 2.05) is 51.9 Å². The molecule has 0 spiro atoms. The van der Waals surface area contributed by atoms with Crippen molar-refractivity contribution in [2.45, 2.75) is 0 Å². The molecule has 19 heavy (non-hydrogen) atoms. The van der Waals surface area contributed by atoms with Gasteiger partial charge in [-0.1, -0.05) is 5.10 Å². The van der Waals surface area contributed by atoms with Crippen LogP contribution in [-0.4, -0.2) is 68.4 Å². The number of rotatable bonds is 6. The number of hydrogen-bond donors (Lipinski definition) is 1. The number of aliphatic imine (C=N–C) groups is 1. The van der Waals surface area contributed by atoms with Crippen LogP contribution in [0.2, 0.25) is 0 Å². The molecule has 1 heterocycles. The van der Waals surface area contributed by atoms with Gasteiger partial charge in [0.2, 0.25) is 0 Å². The molecule has 1 aromatic rings. The topological polar surface area (TPSA) is 65.6 Å². The average Bonchev–Trinajstić information content (AvgIpc) is 2.66. The monoisotopic (exact) mass is 266 g/mol. The van der Waals surface area contributed by atoms with E-state index in [9.17, 15) is 0 Å². The summed E-state index contributed by atoms with van der Waals surface area (Å²) in [4.78, 5) is 8.72. The molecule has 0 aliphatic rings. The molecular formula is C12H24N7+. The van der Waals surface area contributed by atoms with E-state index in [1.54, 1.807) is 17.8 Å². The number of anilines is 1. The fourth-order valence-corrected chi connectivity index (χ4v) is 1.76. The second-order valence-corrected chi connectivity index (χ2v) is 4.75. The van der Waals surface area contributed by atoms with Gasteiger partial charge in [0.05, 0.1) is 19.0 Å². The number of nitrogens with two attached hydrogens (primary N) is 1. The number of hydrogen-bond acceptors (Lipinski definition) is 5. The van der Waals surface area contributed by atoms with Crippen LogP contribution in [0.5, 0.6) is 0 Å². The Morgan fingerprint density at radius 3 is 2.63 bits per heavy atom. The van der Waals surface area contributed by atoms with Gasteiger partial charge in [0, 0.05) is 27.7 Å². The predicted molar refractivity (Wildman–Crippen MR) is 79.5 cm³/mol. The fourth-order valence-electron chi connectivity index (χ4n) is 1.76. The van der Waals surface area contributed by atoms with Gasteiger partial charge < -0.3 is 9.80 Å². The van der Waals surface area contributed by atoms with Crippen molar-refractivity contribution in [3.05, 3.63) is 6.20 Å². The molecule has 0 amide bonds. The SMILES string of the molecule is C[NH2+]/N=C\C(CN(C)C)=Nc1cnn(C)c1N(C)C. The van der Waals surface area contributed by atoms with E-state index in [0.29, 0.717) is 0 Å². The molecule has 0 bridgehead atoms. The molecule has 0 aromatic carbocycles. The van der Waals surface area contributed by atoms with Crippen LogP contribution in [0, 0.1) is 0 Å². The Hall–Kier alpha value is -1.73. The van der Waals surface area contributed by atoms with E-state index in [-0.39, 0.29) is 0 Å². The van der Waals surface area contributed by atoms with Crippen LogP contribution in [-0.2, 0) is 7.05 Å². The molecule has 0 aliphatic carbocycles. The summed E-state index contributed by atoms with van der Waals surface area (Å²) in [5.41, 5.74) is 3.51. The zero-order valence-electron chi connectivity index (χ0n) is 12.6. The van der Waals surface area contributed by atoms with Gasteiger partial charge in [0.25, 0.3) is 0 Å².